The van der Waals surface area contributed by atoms with Crippen molar-refractivity contribution in [2.75, 3.05) is 19.1 Å². The number of carbonyl (C=O) groups is 2. The number of anilines is 1. The van der Waals surface area contributed by atoms with Crippen LogP contribution in [0.1, 0.15) is 20.7 Å². The van der Waals surface area contributed by atoms with Crippen molar-refractivity contribution >= 4 is 34.9 Å². The third-order valence-corrected chi connectivity index (χ3v) is 3.61. The number of nitrogens with one attached hydrogen (secondary N) is 1. The molecule has 0 spiro atoms. The Balaban J connectivity index is 2.18. The van der Waals surface area contributed by atoms with Gasteiger partial charge in [0.25, 0.3) is 5.91 Å². The number of thiocarbonyl (C=S) groups is 1. The second-order valence-corrected chi connectivity index (χ2v) is 5.08. The van der Waals surface area contributed by atoms with Crippen LogP contribution in [0.5, 0.6) is 0 Å². The molecule has 0 fully saturated rings. The first kappa shape index (κ1) is 16.6. The predicted octanol–water partition coefficient (Wildman–Crippen LogP) is 2.62. The first-order chi connectivity index (χ1) is 11.0. The molecule has 0 aliphatic rings. The maximum absolute atomic E-state index is 12.1. The molecule has 1 N–H and O–H groups in total. The molecule has 0 bridgehead atoms. The molecule has 0 radical (unpaired) electrons. The fourth-order valence-corrected chi connectivity index (χ4v) is 2.19. The minimum atomic E-state index is -0.468. The van der Waals surface area contributed by atoms with E-state index < -0.39 is 5.97 Å². The molecule has 0 heterocycles. The maximum atomic E-state index is 12.1. The van der Waals surface area contributed by atoms with Gasteiger partial charge in [-0.3, -0.25) is 10.1 Å². The summed E-state index contributed by atoms with van der Waals surface area (Å²) in [6.45, 7) is 0. The lowest BCUT2D eigenvalue weighted by atomic mass is 10.1. The van der Waals surface area contributed by atoms with Crippen molar-refractivity contribution in [2.24, 2.45) is 0 Å². The summed E-state index contributed by atoms with van der Waals surface area (Å²) in [6, 6.07) is 15.6. The van der Waals surface area contributed by atoms with E-state index in [0.29, 0.717) is 16.8 Å². The number of benzene rings is 2. The number of hydrogen-bond acceptors (Lipinski definition) is 4. The number of amides is 1. The Bertz CT molecular complexity index is 732. The molecule has 0 aromatic heterocycles. The van der Waals surface area contributed by atoms with Crippen molar-refractivity contribution in [3.63, 3.8) is 0 Å². The molecule has 0 saturated carbocycles. The highest BCUT2D eigenvalue weighted by Crippen LogP contribution is 2.20. The normalized spacial score (nSPS) is 9.83. The van der Waals surface area contributed by atoms with E-state index >= 15 is 0 Å². The van der Waals surface area contributed by atoms with Gasteiger partial charge in [-0.15, -0.1) is 0 Å². The molecule has 23 heavy (non-hydrogen) atoms. The van der Waals surface area contributed by atoms with Crippen LogP contribution in [0.3, 0.4) is 0 Å². The summed E-state index contributed by atoms with van der Waals surface area (Å²) in [5.74, 6) is -0.775. The first-order valence-electron chi connectivity index (χ1n) is 6.86. The Labute approximate surface area is 139 Å². The Morgan fingerprint density at radius 2 is 1.65 bits per heavy atom. The molecule has 5 nitrogen and oxygen atoms in total. The van der Waals surface area contributed by atoms with Gasteiger partial charge in [0.1, 0.15) is 0 Å². The fraction of sp³-hybridized carbons (Fsp3) is 0.118. The van der Waals surface area contributed by atoms with E-state index in [-0.39, 0.29) is 11.0 Å². The summed E-state index contributed by atoms with van der Waals surface area (Å²) in [6.07, 6.45) is 0. The van der Waals surface area contributed by atoms with E-state index in [1.807, 2.05) is 6.07 Å². The van der Waals surface area contributed by atoms with Gasteiger partial charge < -0.3 is 9.64 Å². The monoisotopic (exact) mass is 328 g/mol. The van der Waals surface area contributed by atoms with Crippen molar-refractivity contribution in [1.82, 2.24) is 5.32 Å². The van der Waals surface area contributed by atoms with Gasteiger partial charge in [-0.25, -0.2) is 4.79 Å². The maximum Gasteiger partial charge on any atom is 0.339 e. The highest BCUT2D eigenvalue weighted by atomic mass is 32.1. The molecule has 0 unspecified atom stereocenters. The second-order valence-electron chi connectivity index (χ2n) is 4.69. The first-order valence-corrected chi connectivity index (χ1v) is 7.27. The highest BCUT2D eigenvalue weighted by molar-refractivity contribution is 7.80. The number of ether oxygens (including phenoxy) is 1. The largest absolute Gasteiger partial charge is 0.465 e. The average Bonchev–Trinajstić information content (AvgIpc) is 2.61. The second kappa shape index (κ2) is 7.51. The Kier molecular flexibility index (Phi) is 5.43. The third-order valence-electron chi connectivity index (χ3n) is 3.23. The van der Waals surface area contributed by atoms with Gasteiger partial charge in [0.15, 0.2) is 5.11 Å². The molecular weight excluding hydrogens is 312 g/mol. The molecular formula is C17H16N2O3S. The Morgan fingerprint density at radius 3 is 2.30 bits per heavy atom. The average molecular weight is 328 g/mol. The number of methoxy groups -OCH3 is 1. The lowest BCUT2D eigenvalue weighted by Gasteiger charge is -2.22. The smallest absolute Gasteiger partial charge is 0.339 e. The Hall–Kier alpha value is -2.73. The van der Waals surface area contributed by atoms with Crippen LogP contribution in [0.25, 0.3) is 0 Å². The van der Waals surface area contributed by atoms with Gasteiger partial charge in [0, 0.05) is 12.6 Å². The van der Waals surface area contributed by atoms with E-state index in [4.69, 9.17) is 17.0 Å². The topological polar surface area (TPSA) is 58.6 Å². The molecule has 1 amide bonds. The highest BCUT2D eigenvalue weighted by Gasteiger charge is 2.18. The number of para-hydroxylation sites is 1. The van der Waals surface area contributed by atoms with Gasteiger partial charge >= 0.3 is 5.97 Å². The summed E-state index contributed by atoms with van der Waals surface area (Å²) in [4.78, 5) is 25.5. The van der Waals surface area contributed by atoms with Gasteiger partial charge in [-0.1, -0.05) is 30.3 Å². The molecule has 0 saturated heterocycles. The van der Waals surface area contributed by atoms with Crippen molar-refractivity contribution in [3.8, 4) is 0 Å². The number of nitrogens with zero attached hydrogens (tertiary/aromatic N) is 1. The van der Waals surface area contributed by atoms with Crippen LogP contribution >= 0.6 is 12.2 Å². The van der Waals surface area contributed by atoms with Crippen molar-refractivity contribution < 1.29 is 14.3 Å². The van der Waals surface area contributed by atoms with E-state index in [2.05, 4.69) is 5.32 Å². The lowest BCUT2D eigenvalue weighted by Crippen LogP contribution is -2.41. The van der Waals surface area contributed by atoms with Crippen molar-refractivity contribution in [2.45, 2.75) is 0 Å². The predicted molar refractivity (Wildman–Crippen MR) is 92.7 cm³/mol. The fourth-order valence-electron chi connectivity index (χ4n) is 2.00. The van der Waals surface area contributed by atoms with E-state index in [1.165, 1.54) is 7.11 Å². The molecule has 6 heteroatoms. The lowest BCUT2D eigenvalue weighted by molar-refractivity contribution is 0.0601. The summed E-state index contributed by atoms with van der Waals surface area (Å²) >= 11 is 5.26. The van der Waals surface area contributed by atoms with E-state index in [0.717, 1.165) is 0 Å². The van der Waals surface area contributed by atoms with Crippen LogP contribution < -0.4 is 10.2 Å². The summed E-state index contributed by atoms with van der Waals surface area (Å²) < 4.78 is 4.76. The number of rotatable bonds is 3. The zero-order valence-electron chi connectivity index (χ0n) is 12.8. The van der Waals surface area contributed by atoms with Crippen LogP contribution in [0.15, 0.2) is 54.6 Å². The van der Waals surface area contributed by atoms with Gasteiger partial charge in [0.2, 0.25) is 0 Å². The van der Waals surface area contributed by atoms with Crippen molar-refractivity contribution in [3.05, 3.63) is 65.7 Å². The number of hydrogen-bond donors (Lipinski definition) is 1. The van der Waals surface area contributed by atoms with Crippen LogP contribution in [-0.4, -0.2) is 31.1 Å². The molecule has 0 aliphatic heterocycles. The van der Waals surface area contributed by atoms with Gasteiger partial charge in [0.05, 0.1) is 18.4 Å². The zero-order chi connectivity index (χ0) is 16.8. The van der Waals surface area contributed by atoms with Crippen LogP contribution in [0.4, 0.5) is 5.69 Å². The summed E-state index contributed by atoms with van der Waals surface area (Å²) in [7, 11) is 2.99. The molecule has 2 aromatic rings. The van der Waals surface area contributed by atoms with Crippen LogP contribution in [-0.2, 0) is 4.74 Å². The summed E-state index contributed by atoms with van der Waals surface area (Å²) in [5, 5.41) is 2.83. The van der Waals surface area contributed by atoms with Gasteiger partial charge in [-0.05, 0) is 36.5 Å². The van der Waals surface area contributed by atoms with E-state index in [1.54, 1.807) is 60.5 Å². The van der Waals surface area contributed by atoms with E-state index in [9.17, 15) is 9.59 Å². The molecule has 0 atom stereocenters. The molecule has 118 valence electrons. The molecule has 2 aromatic carbocycles. The summed E-state index contributed by atoms with van der Waals surface area (Å²) in [5.41, 5.74) is 1.43. The van der Waals surface area contributed by atoms with Gasteiger partial charge in [-0.2, -0.15) is 0 Å². The third kappa shape index (κ3) is 3.92. The minimum Gasteiger partial charge on any atom is -0.465 e. The van der Waals surface area contributed by atoms with Crippen molar-refractivity contribution in [1.29, 1.82) is 0 Å². The SMILES string of the molecule is COC(=O)c1ccccc1N(C)C(=S)NC(=O)c1ccccc1. The standard InChI is InChI=1S/C17H16N2O3S/c1-19(14-11-7-6-10-13(14)16(21)22-2)17(23)18-15(20)12-8-4-3-5-9-12/h3-11H,1-2H3,(H,18,20,23). The minimum absolute atomic E-state index is 0.190. The Morgan fingerprint density at radius 1 is 1.04 bits per heavy atom. The van der Waals surface area contributed by atoms with Crippen LogP contribution in [0, 0.1) is 0 Å². The quantitative estimate of drug-likeness (QED) is 0.693. The zero-order valence-corrected chi connectivity index (χ0v) is 13.6. The van der Waals surface area contributed by atoms with Crippen LogP contribution in [0.2, 0.25) is 0 Å². The molecule has 0 aliphatic carbocycles. The number of esters is 1. The molecule has 2 rings (SSSR count). The number of carbonyl (C=O) groups excluding carboxylic acids is 2.